The van der Waals surface area contributed by atoms with E-state index in [1.807, 2.05) is 22.7 Å². The van der Waals surface area contributed by atoms with E-state index in [1.54, 1.807) is 0 Å². The summed E-state index contributed by atoms with van der Waals surface area (Å²) in [6.45, 7) is 14.1. The van der Waals surface area contributed by atoms with Crippen LogP contribution in [0.15, 0.2) is 260 Å². The van der Waals surface area contributed by atoms with Crippen LogP contribution in [0, 0.1) is 13.8 Å². The average Bonchev–Trinajstić information content (AvgIpc) is 1.74. The largest absolute Gasteiger partial charge is 0.455 e. The Balaban J connectivity index is 0.720. The number of benzene rings is 15. The standard InChI is InChI=1S/C85H55NOS2/c1-47-43-54-44-55(86(74-26-14-25-72-80-62-19-10-7-16-51(62)30-42-77(80)89-84(72)74)56-32-36-64-68-34-27-52-17-8-11-20-63(52)81(68)85(4,5)73(64)46-56)31-35-60(54)67-23-13-22-66(78(47)67)57-37-39-69-58(49(57)3)38-40-70-65-33-28-53(45-75(65)87-82(69)70)48(2)59-21-12-24-71-79-61-18-9-6-15-50(61)29-41-76(79)88-83(59)71/h6-46H,2H2,1,3-5H3. The van der Waals surface area contributed by atoms with Crippen LogP contribution in [-0.2, 0) is 5.41 Å². The normalized spacial score (nSPS) is 13.1. The zero-order valence-corrected chi connectivity index (χ0v) is 51.2. The second kappa shape index (κ2) is 18.6. The lowest BCUT2D eigenvalue weighted by Crippen LogP contribution is -2.17. The van der Waals surface area contributed by atoms with Crippen molar-refractivity contribution in [1.82, 2.24) is 0 Å². The van der Waals surface area contributed by atoms with Gasteiger partial charge in [0.25, 0.3) is 0 Å². The third kappa shape index (κ3) is 7.19. The molecule has 1 aliphatic carbocycles. The van der Waals surface area contributed by atoms with Gasteiger partial charge >= 0.3 is 0 Å². The first-order valence-corrected chi connectivity index (χ1v) is 32.4. The maximum absolute atomic E-state index is 6.96. The Hall–Kier alpha value is -10.4. The summed E-state index contributed by atoms with van der Waals surface area (Å²) in [7, 11) is 0. The maximum atomic E-state index is 6.96. The summed E-state index contributed by atoms with van der Waals surface area (Å²) in [5.74, 6) is 0. The molecular weight excluding hydrogens is 1120 g/mol. The third-order valence-electron chi connectivity index (χ3n) is 20.1. The minimum Gasteiger partial charge on any atom is -0.455 e. The molecule has 2 nitrogen and oxygen atoms in total. The molecule has 3 aromatic heterocycles. The van der Waals surface area contributed by atoms with Crippen molar-refractivity contribution >= 4 is 172 Å². The fraction of sp³-hybridized carbons (Fsp3) is 0.0588. The Morgan fingerprint density at radius 1 is 0.404 bits per heavy atom. The van der Waals surface area contributed by atoms with Gasteiger partial charge in [0, 0.05) is 68.6 Å². The molecule has 3 heterocycles. The lowest BCUT2D eigenvalue weighted by Gasteiger charge is -2.29. The van der Waals surface area contributed by atoms with Gasteiger partial charge in [-0.05, 0) is 201 Å². The fourth-order valence-corrected chi connectivity index (χ4v) is 18.4. The van der Waals surface area contributed by atoms with Crippen molar-refractivity contribution in [2.45, 2.75) is 33.1 Å². The Labute approximate surface area is 522 Å². The minimum absolute atomic E-state index is 0.217. The zero-order valence-electron chi connectivity index (χ0n) is 49.6. The number of anilines is 3. The molecule has 1 aliphatic rings. The monoisotopic (exact) mass is 1170 g/mol. The van der Waals surface area contributed by atoms with Gasteiger partial charge in [0.15, 0.2) is 0 Å². The lowest BCUT2D eigenvalue weighted by atomic mass is 9.80. The molecule has 0 saturated heterocycles. The van der Waals surface area contributed by atoms with Gasteiger partial charge in [0.05, 0.1) is 10.4 Å². The predicted octanol–water partition coefficient (Wildman–Crippen LogP) is 25.4. The number of nitrogens with zero attached hydrogens (tertiary/aromatic N) is 1. The first-order chi connectivity index (χ1) is 43.6. The SMILES string of the molecule is C=C(c1ccc2c(c1)oc1c3ccc(-c4cccc5c4c(C)cc4cc(N(c6ccc7c(c6)C(C)(C)c6c-7ccc7ccccc67)c6cccc7c6sc6ccc8ccccc8c67)ccc45)c(C)c3ccc21)c1cccc2c1sc1ccc3ccccc3c12. The van der Waals surface area contributed by atoms with E-state index in [0.717, 1.165) is 55.4 Å². The first-order valence-electron chi connectivity index (χ1n) is 30.8. The number of fused-ring (bicyclic) bond motifs is 23. The quantitative estimate of drug-likeness (QED) is 0.154. The molecule has 0 amide bonds. The molecule has 0 N–H and O–H groups in total. The molecule has 0 spiro atoms. The third-order valence-corrected chi connectivity index (χ3v) is 22.5. The molecule has 89 heavy (non-hydrogen) atoms. The van der Waals surface area contributed by atoms with Crippen LogP contribution in [0.2, 0.25) is 0 Å². The molecule has 0 atom stereocenters. The van der Waals surface area contributed by atoms with Gasteiger partial charge in [-0.3, -0.25) is 0 Å². The topological polar surface area (TPSA) is 16.4 Å². The summed E-state index contributed by atoms with van der Waals surface area (Å²) >= 11 is 3.75. The van der Waals surface area contributed by atoms with Crippen LogP contribution in [0.4, 0.5) is 17.1 Å². The van der Waals surface area contributed by atoms with E-state index in [0.29, 0.717) is 0 Å². The van der Waals surface area contributed by atoms with Crippen molar-refractivity contribution in [2.75, 3.05) is 4.90 Å². The van der Waals surface area contributed by atoms with E-state index >= 15 is 0 Å². The molecule has 0 unspecified atom stereocenters. The lowest BCUT2D eigenvalue weighted by molar-refractivity contribution is 0.666. The molecule has 0 fully saturated rings. The average molecular weight is 1170 g/mol. The highest BCUT2D eigenvalue weighted by molar-refractivity contribution is 7.27. The number of hydrogen-bond acceptors (Lipinski definition) is 4. The summed E-state index contributed by atoms with van der Waals surface area (Å²) in [4.78, 5) is 2.54. The predicted molar refractivity (Wildman–Crippen MR) is 386 cm³/mol. The number of aryl methyl sites for hydroxylation is 2. The van der Waals surface area contributed by atoms with Crippen LogP contribution in [0.25, 0.3) is 155 Å². The summed E-state index contributed by atoms with van der Waals surface area (Å²) < 4.78 is 12.1. The molecule has 0 bridgehead atoms. The van der Waals surface area contributed by atoms with Crippen LogP contribution >= 0.6 is 22.7 Å². The highest BCUT2D eigenvalue weighted by atomic mass is 32.1. The molecule has 4 heteroatoms. The molecule has 0 aliphatic heterocycles. The maximum Gasteiger partial charge on any atom is 0.143 e. The van der Waals surface area contributed by atoms with E-state index in [2.05, 4.69) is 281 Å². The molecular formula is C85H55NOS2. The van der Waals surface area contributed by atoms with Gasteiger partial charge < -0.3 is 9.32 Å². The Morgan fingerprint density at radius 3 is 1.76 bits per heavy atom. The summed E-state index contributed by atoms with van der Waals surface area (Å²) in [5.41, 5.74) is 18.6. The van der Waals surface area contributed by atoms with Crippen LogP contribution in [0.5, 0.6) is 0 Å². The van der Waals surface area contributed by atoms with Gasteiger partial charge in [-0.15, -0.1) is 22.7 Å². The fourth-order valence-electron chi connectivity index (χ4n) is 15.9. The number of furan rings is 1. The van der Waals surface area contributed by atoms with Crippen molar-refractivity contribution in [1.29, 1.82) is 0 Å². The molecule has 418 valence electrons. The first kappa shape index (κ1) is 50.8. The van der Waals surface area contributed by atoms with Crippen LogP contribution in [0.1, 0.15) is 47.2 Å². The van der Waals surface area contributed by atoms with E-state index in [9.17, 15) is 0 Å². The van der Waals surface area contributed by atoms with Crippen molar-refractivity contribution in [3.8, 4) is 22.3 Å². The van der Waals surface area contributed by atoms with E-state index in [4.69, 9.17) is 11.0 Å². The number of thiophene rings is 2. The second-order valence-corrected chi connectivity index (χ2v) is 27.3. The van der Waals surface area contributed by atoms with Crippen molar-refractivity contribution in [3.63, 3.8) is 0 Å². The van der Waals surface area contributed by atoms with Gasteiger partial charge in [-0.2, -0.15) is 0 Å². The van der Waals surface area contributed by atoms with Gasteiger partial charge in [-0.1, -0.05) is 202 Å². The Kier molecular flexibility index (Phi) is 10.6. The van der Waals surface area contributed by atoms with Crippen LogP contribution in [-0.4, -0.2) is 0 Å². The van der Waals surface area contributed by atoms with Crippen molar-refractivity contribution in [3.05, 3.63) is 289 Å². The number of rotatable bonds is 6. The van der Waals surface area contributed by atoms with E-state index in [-0.39, 0.29) is 5.41 Å². The van der Waals surface area contributed by atoms with Crippen LogP contribution < -0.4 is 4.90 Å². The van der Waals surface area contributed by atoms with Crippen molar-refractivity contribution < 1.29 is 4.42 Å². The van der Waals surface area contributed by atoms with Gasteiger partial charge in [0.1, 0.15) is 11.2 Å². The molecule has 0 saturated carbocycles. The van der Waals surface area contributed by atoms with Gasteiger partial charge in [-0.25, -0.2) is 0 Å². The zero-order chi connectivity index (χ0) is 59.1. The van der Waals surface area contributed by atoms with E-state index in [1.165, 1.54) is 150 Å². The molecule has 0 radical (unpaired) electrons. The number of hydrogen-bond donors (Lipinski definition) is 0. The smallest absolute Gasteiger partial charge is 0.143 e. The van der Waals surface area contributed by atoms with Crippen molar-refractivity contribution in [2.24, 2.45) is 0 Å². The summed E-state index contributed by atoms with van der Waals surface area (Å²) in [5, 5.41) is 22.4. The minimum atomic E-state index is -0.217. The van der Waals surface area contributed by atoms with E-state index < -0.39 is 0 Å². The molecule has 19 rings (SSSR count). The second-order valence-electron chi connectivity index (χ2n) is 25.2. The molecule has 18 aromatic rings. The summed E-state index contributed by atoms with van der Waals surface area (Å²) in [6.07, 6.45) is 0. The Bertz CT molecular complexity index is 6200. The van der Waals surface area contributed by atoms with Crippen LogP contribution in [0.3, 0.4) is 0 Å². The highest BCUT2D eigenvalue weighted by Crippen LogP contribution is 2.55. The molecule has 15 aromatic carbocycles. The highest BCUT2D eigenvalue weighted by Gasteiger charge is 2.38. The summed E-state index contributed by atoms with van der Waals surface area (Å²) in [6, 6.07) is 93.2. The Morgan fingerprint density at radius 2 is 0.978 bits per heavy atom. The van der Waals surface area contributed by atoms with Gasteiger partial charge in [0.2, 0.25) is 0 Å².